The number of fused-ring (bicyclic) bond motifs is 1. The molecule has 0 aliphatic carbocycles. The van der Waals surface area contributed by atoms with Crippen LogP contribution >= 0.6 is 0 Å². The first-order valence-electron chi connectivity index (χ1n) is 10.5. The number of hydrogen-bond acceptors (Lipinski definition) is 7. The zero-order chi connectivity index (χ0) is 23.3. The zero-order valence-corrected chi connectivity index (χ0v) is 19.1. The summed E-state index contributed by atoms with van der Waals surface area (Å²) in [5, 5.41) is 23.0. The Morgan fingerprint density at radius 2 is 1.85 bits per heavy atom. The zero-order valence-electron chi connectivity index (χ0n) is 19.1. The minimum Gasteiger partial charge on any atom is -0.386 e. The van der Waals surface area contributed by atoms with Crippen molar-refractivity contribution in [1.82, 2.24) is 38.9 Å². The third-order valence-electron chi connectivity index (χ3n) is 5.61. The van der Waals surface area contributed by atoms with Gasteiger partial charge in [0, 0.05) is 50.6 Å². The molecule has 10 nitrogen and oxygen atoms in total. The third-order valence-corrected chi connectivity index (χ3v) is 5.61. The van der Waals surface area contributed by atoms with Crippen LogP contribution < -0.4 is 5.32 Å². The van der Waals surface area contributed by atoms with Gasteiger partial charge in [0.25, 0.3) is 0 Å². The molecule has 0 radical (unpaired) electrons. The van der Waals surface area contributed by atoms with Crippen molar-refractivity contribution in [2.24, 2.45) is 14.1 Å². The smallest absolute Gasteiger partial charge is 0.218 e. The number of aryl methyl sites for hydroxylation is 3. The van der Waals surface area contributed by atoms with E-state index in [1.807, 2.05) is 56.3 Å². The molecule has 0 bridgehead atoms. The maximum atomic E-state index is 10.4. The van der Waals surface area contributed by atoms with Crippen LogP contribution in [0, 0.1) is 6.92 Å². The summed E-state index contributed by atoms with van der Waals surface area (Å²) < 4.78 is 5.44. The number of aromatic nitrogens is 8. The molecule has 10 heteroatoms. The number of nitrogens with zero attached hydrogens (tertiary/aromatic N) is 8. The molecule has 0 aromatic carbocycles. The van der Waals surface area contributed by atoms with E-state index in [-0.39, 0.29) is 0 Å². The topological polar surface area (TPSA) is 111 Å². The van der Waals surface area contributed by atoms with Crippen LogP contribution in [0.4, 0.5) is 11.6 Å². The predicted octanol–water partition coefficient (Wildman–Crippen LogP) is 3.20. The molecule has 0 aliphatic heterocycles. The summed E-state index contributed by atoms with van der Waals surface area (Å²) in [6.45, 7) is 5.50. The summed E-state index contributed by atoms with van der Waals surface area (Å²) in [6.07, 6.45) is 9.09. The molecule has 0 aliphatic rings. The fourth-order valence-corrected chi connectivity index (χ4v) is 3.81. The largest absolute Gasteiger partial charge is 0.386 e. The molecule has 0 saturated heterocycles. The highest BCUT2D eigenvalue weighted by Gasteiger charge is 2.21. The molecule has 5 heterocycles. The number of hydrogen-bond donors (Lipinski definition) is 2. The van der Waals surface area contributed by atoms with Gasteiger partial charge in [0.15, 0.2) is 11.6 Å². The molecule has 0 saturated carbocycles. The Kier molecular flexibility index (Phi) is 4.75. The number of rotatable bonds is 5. The van der Waals surface area contributed by atoms with Crippen molar-refractivity contribution in [3.63, 3.8) is 0 Å². The SMILES string of the molecule is Cc1c(-c2ccn(C)n2)cn2nc(-c3nccn3C)nc(Nc3cc(C(C)(C)O)ccn3)c12. The molecule has 5 aromatic rings. The molecule has 5 aromatic heterocycles. The minimum atomic E-state index is -0.990. The van der Waals surface area contributed by atoms with Crippen LogP contribution in [0.5, 0.6) is 0 Å². The van der Waals surface area contributed by atoms with Gasteiger partial charge in [0.05, 0.1) is 11.3 Å². The van der Waals surface area contributed by atoms with E-state index in [0.717, 1.165) is 27.9 Å². The average Bonchev–Trinajstić information content (AvgIpc) is 3.46. The standard InChI is InChI=1S/C23H25N9O/c1-14-16(17-7-10-31(5)28-17)13-32-19(14)20(27-21(29-32)22-25-9-11-30(22)4)26-18-12-15(6-8-24-18)23(2,3)33/h6-13,33H,1-5H3,(H,24,26,27,29). The van der Waals surface area contributed by atoms with E-state index in [1.165, 1.54) is 0 Å². The van der Waals surface area contributed by atoms with Gasteiger partial charge in [0.2, 0.25) is 5.82 Å². The van der Waals surface area contributed by atoms with Crippen molar-refractivity contribution in [2.75, 3.05) is 5.32 Å². The van der Waals surface area contributed by atoms with E-state index in [0.29, 0.717) is 23.3 Å². The summed E-state index contributed by atoms with van der Waals surface area (Å²) in [5.74, 6) is 2.27. The number of imidazole rings is 1. The summed E-state index contributed by atoms with van der Waals surface area (Å²) in [6, 6.07) is 5.58. The van der Waals surface area contributed by atoms with Crippen molar-refractivity contribution in [1.29, 1.82) is 0 Å². The van der Waals surface area contributed by atoms with E-state index in [4.69, 9.17) is 10.1 Å². The fraction of sp³-hybridized carbons (Fsp3) is 0.261. The maximum absolute atomic E-state index is 10.4. The lowest BCUT2D eigenvalue weighted by Gasteiger charge is -2.18. The summed E-state index contributed by atoms with van der Waals surface area (Å²) in [4.78, 5) is 13.7. The Labute approximate surface area is 190 Å². The van der Waals surface area contributed by atoms with Crippen molar-refractivity contribution < 1.29 is 5.11 Å². The number of pyridine rings is 1. The Balaban J connectivity index is 1.70. The van der Waals surface area contributed by atoms with Crippen molar-refractivity contribution in [3.05, 3.63) is 60.3 Å². The molecular formula is C23H25N9O. The summed E-state index contributed by atoms with van der Waals surface area (Å²) >= 11 is 0. The molecule has 0 unspecified atom stereocenters. The maximum Gasteiger partial charge on any atom is 0.218 e. The number of nitrogens with one attached hydrogen (secondary N) is 1. The van der Waals surface area contributed by atoms with Gasteiger partial charge < -0.3 is 15.0 Å². The molecule has 0 amide bonds. The van der Waals surface area contributed by atoms with Gasteiger partial charge in [-0.1, -0.05) is 0 Å². The van der Waals surface area contributed by atoms with Gasteiger partial charge >= 0.3 is 0 Å². The lowest BCUT2D eigenvalue weighted by Crippen LogP contribution is -2.16. The van der Waals surface area contributed by atoms with Crippen LogP contribution in [0.15, 0.2) is 49.2 Å². The van der Waals surface area contributed by atoms with Gasteiger partial charge in [-0.05, 0) is 50.1 Å². The van der Waals surface area contributed by atoms with Gasteiger partial charge in [-0.25, -0.2) is 19.5 Å². The number of anilines is 2. The Morgan fingerprint density at radius 3 is 2.52 bits per heavy atom. The quantitative estimate of drug-likeness (QED) is 0.429. The first kappa shape index (κ1) is 20.8. The van der Waals surface area contributed by atoms with Crippen molar-refractivity contribution in [3.8, 4) is 22.9 Å². The molecule has 2 N–H and O–H groups in total. The van der Waals surface area contributed by atoms with E-state index < -0.39 is 5.60 Å². The van der Waals surface area contributed by atoms with E-state index >= 15 is 0 Å². The molecule has 33 heavy (non-hydrogen) atoms. The van der Waals surface area contributed by atoms with Crippen LogP contribution in [0.3, 0.4) is 0 Å². The molecule has 5 rings (SSSR count). The second kappa shape index (κ2) is 7.52. The Morgan fingerprint density at radius 1 is 1.03 bits per heavy atom. The van der Waals surface area contributed by atoms with Crippen LogP contribution in [0.2, 0.25) is 0 Å². The summed E-state index contributed by atoms with van der Waals surface area (Å²) in [7, 11) is 3.79. The molecule has 168 valence electrons. The highest BCUT2D eigenvalue weighted by atomic mass is 16.3. The highest BCUT2D eigenvalue weighted by Crippen LogP contribution is 2.32. The fourth-order valence-electron chi connectivity index (χ4n) is 3.81. The lowest BCUT2D eigenvalue weighted by molar-refractivity contribution is 0.0786. The summed E-state index contributed by atoms with van der Waals surface area (Å²) in [5.41, 5.74) is 3.37. The average molecular weight is 444 g/mol. The van der Waals surface area contributed by atoms with E-state index in [2.05, 4.69) is 20.4 Å². The Hall–Kier alpha value is -4.05. The first-order chi connectivity index (χ1) is 15.7. The van der Waals surface area contributed by atoms with Gasteiger partial charge in [0.1, 0.15) is 11.3 Å². The lowest BCUT2D eigenvalue weighted by atomic mass is 10.00. The second-order valence-electron chi connectivity index (χ2n) is 8.60. The Bertz CT molecular complexity index is 1470. The molecule has 0 fully saturated rings. The molecular weight excluding hydrogens is 418 g/mol. The van der Waals surface area contributed by atoms with Crippen LogP contribution in [0.1, 0.15) is 25.0 Å². The molecule has 0 spiro atoms. The normalized spacial score (nSPS) is 11.9. The van der Waals surface area contributed by atoms with E-state index in [1.54, 1.807) is 41.5 Å². The first-order valence-corrected chi connectivity index (χ1v) is 10.5. The molecule has 0 atom stereocenters. The predicted molar refractivity (Wildman–Crippen MR) is 125 cm³/mol. The minimum absolute atomic E-state index is 0.471. The van der Waals surface area contributed by atoms with Gasteiger partial charge in [-0.2, -0.15) is 5.10 Å². The monoisotopic (exact) mass is 443 g/mol. The van der Waals surface area contributed by atoms with Crippen molar-refractivity contribution >= 4 is 17.2 Å². The van der Waals surface area contributed by atoms with Crippen LogP contribution in [-0.4, -0.2) is 44.0 Å². The van der Waals surface area contributed by atoms with E-state index in [9.17, 15) is 5.11 Å². The number of aliphatic hydroxyl groups is 1. The van der Waals surface area contributed by atoms with Crippen LogP contribution in [-0.2, 0) is 19.7 Å². The van der Waals surface area contributed by atoms with Gasteiger partial charge in [-0.3, -0.25) is 4.68 Å². The van der Waals surface area contributed by atoms with Crippen LogP contribution in [0.25, 0.3) is 28.4 Å². The second-order valence-corrected chi connectivity index (χ2v) is 8.60. The van der Waals surface area contributed by atoms with Crippen molar-refractivity contribution in [2.45, 2.75) is 26.4 Å². The third kappa shape index (κ3) is 3.74. The highest BCUT2D eigenvalue weighted by molar-refractivity contribution is 5.84. The van der Waals surface area contributed by atoms with Gasteiger partial charge in [-0.15, -0.1) is 5.10 Å².